The van der Waals surface area contributed by atoms with Crippen LogP contribution in [-0.4, -0.2) is 16.1 Å². The molecule has 0 aliphatic carbocycles. The van der Waals surface area contributed by atoms with Gasteiger partial charge in [-0.1, -0.05) is 24.8 Å². The third kappa shape index (κ3) is 2.70. The molecule has 0 unspecified atom stereocenters. The summed E-state index contributed by atoms with van der Waals surface area (Å²) in [6.07, 6.45) is 1.70. The fourth-order valence-corrected chi connectivity index (χ4v) is 1.37. The summed E-state index contributed by atoms with van der Waals surface area (Å²) in [4.78, 5) is 22.6. The van der Waals surface area contributed by atoms with Crippen molar-refractivity contribution in [2.75, 3.05) is 5.32 Å². The van der Waals surface area contributed by atoms with Crippen molar-refractivity contribution in [3.8, 4) is 0 Å². The zero-order valence-corrected chi connectivity index (χ0v) is 9.51. The van der Waals surface area contributed by atoms with Crippen LogP contribution in [0.1, 0.15) is 15.9 Å². The Morgan fingerprint density at radius 2 is 1.94 bits per heavy atom. The Morgan fingerprint density at radius 3 is 2.50 bits per heavy atom. The minimum Gasteiger partial charge on any atom is -0.305 e. The van der Waals surface area contributed by atoms with Gasteiger partial charge in [-0.2, -0.15) is 5.10 Å². The molecule has 1 heterocycles. The van der Waals surface area contributed by atoms with Gasteiger partial charge in [0.1, 0.15) is 0 Å². The lowest BCUT2D eigenvalue weighted by atomic mass is 10.1. The first-order chi connectivity index (χ1) is 8.69. The molecule has 0 saturated carbocycles. The smallest absolute Gasteiger partial charge is 0.264 e. The number of hydrogen-bond acceptors (Lipinski definition) is 3. The van der Waals surface area contributed by atoms with E-state index in [9.17, 15) is 9.59 Å². The van der Waals surface area contributed by atoms with Gasteiger partial charge in [-0.25, -0.2) is 5.10 Å². The average molecular weight is 241 g/mol. The summed E-state index contributed by atoms with van der Waals surface area (Å²) in [5.74, 6) is 0.0116. The molecule has 0 atom stereocenters. The number of aromatic amines is 1. The van der Waals surface area contributed by atoms with Crippen molar-refractivity contribution in [1.82, 2.24) is 10.2 Å². The first-order valence-corrected chi connectivity index (χ1v) is 5.28. The summed E-state index contributed by atoms with van der Waals surface area (Å²) in [6, 6.07) is 9.71. The van der Waals surface area contributed by atoms with E-state index in [0.29, 0.717) is 11.4 Å². The summed E-state index contributed by atoms with van der Waals surface area (Å²) < 4.78 is 0. The van der Waals surface area contributed by atoms with Gasteiger partial charge in [-0.15, -0.1) is 0 Å². The fourth-order valence-electron chi connectivity index (χ4n) is 1.37. The lowest BCUT2D eigenvalue weighted by Crippen LogP contribution is -2.15. The number of rotatable bonds is 3. The number of benzene rings is 1. The van der Waals surface area contributed by atoms with Crippen LogP contribution in [-0.2, 0) is 0 Å². The van der Waals surface area contributed by atoms with Crippen molar-refractivity contribution in [3.63, 3.8) is 0 Å². The van der Waals surface area contributed by atoms with E-state index in [1.165, 1.54) is 12.1 Å². The standard InChI is InChI=1S/C13H11N3O2/c1-2-9-3-5-10(6-4-9)13(18)14-11-7-8-12(17)16-15-11/h2-8H,1H2,(H,16,17)(H,14,15,18). The molecule has 2 N–H and O–H groups in total. The second kappa shape index (κ2) is 5.09. The van der Waals surface area contributed by atoms with Gasteiger partial charge >= 0.3 is 0 Å². The molecule has 0 radical (unpaired) electrons. The highest BCUT2D eigenvalue weighted by atomic mass is 16.2. The Bertz CT molecular complexity index is 609. The first kappa shape index (κ1) is 11.8. The Balaban J connectivity index is 2.13. The Morgan fingerprint density at radius 1 is 1.22 bits per heavy atom. The Hall–Kier alpha value is -2.69. The Labute approximate surface area is 103 Å². The zero-order valence-electron chi connectivity index (χ0n) is 9.51. The molecule has 90 valence electrons. The molecule has 0 spiro atoms. The van der Waals surface area contributed by atoms with Crippen molar-refractivity contribution in [2.45, 2.75) is 0 Å². The van der Waals surface area contributed by atoms with E-state index in [1.54, 1.807) is 30.3 Å². The van der Waals surface area contributed by atoms with Crippen LogP contribution in [0.2, 0.25) is 0 Å². The number of hydrogen-bond donors (Lipinski definition) is 2. The molecule has 0 aliphatic rings. The normalized spacial score (nSPS) is 9.78. The number of carbonyl (C=O) groups excluding carboxylic acids is 1. The minimum atomic E-state index is -0.316. The van der Waals surface area contributed by atoms with E-state index in [4.69, 9.17) is 0 Å². The molecular weight excluding hydrogens is 230 g/mol. The molecule has 2 rings (SSSR count). The molecule has 1 aromatic carbocycles. The van der Waals surface area contributed by atoms with Crippen molar-refractivity contribution in [1.29, 1.82) is 0 Å². The number of nitrogens with zero attached hydrogens (tertiary/aromatic N) is 1. The highest BCUT2D eigenvalue weighted by Gasteiger charge is 2.06. The second-order valence-corrected chi connectivity index (χ2v) is 3.59. The molecule has 5 nitrogen and oxygen atoms in total. The van der Waals surface area contributed by atoms with Gasteiger partial charge in [-0.05, 0) is 23.8 Å². The quantitative estimate of drug-likeness (QED) is 0.858. The van der Waals surface area contributed by atoms with Crippen molar-refractivity contribution < 1.29 is 4.79 Å². The predicted octanol–water partition coefficient (Wildman–Crippen LogP) is 1.67. The number of anilines is 1. The molecule has 5 heteroatoms. The van der Waals surface area contributed by atoms with Gasteiger partial charge in [-0.3, -0.25) is 9.59 Å². The molecule has 2 aromatic rings. The lowest BCUT2D eigenvalue weighted by molar-refractivity contribution is 0.102. The maximum atomic E-state index is 11.8. The van der Waals surface area contributed by atoms with Crippen LogP contribution >= 0.6 is 0 Å². The van der Waals surface area contributed by atoms with Crippen LogP contribution in [0.5, 0.6) is 0 Å². The van der Waals surface area contributed by atoms with Gasteiger partial charge in [0.05, 0.1) is 0 Å². The van der Waals surface area contributed by atoms with Crippen molar-refractivity contribution in [3.05, 3.63) is 64.5 Å². The van der Waals surface area contributed by atoms with E-state index >= 15 is 0 Å². The molecule has 0 bridgehead atoms. The van der Waals surface area contributed by atoms with Crippen molar-refractivity contribution >= 4 is 17.8 Å². The maximum absolute atomic E-state index is 11.8. The summed E-state index contributed by atoms with van der Waals surface area (Å²) in [6.45, 7) is 3.64. The van der Waals surface area contributed by atoms with Crippen molar-refractivity contribution in [2.24, 2.45) is 0 Å². The van der Waals surface area contributed by atoms with Gasteiger partial charge in [0.2, 0.25) is 0 Å². The topological polar surface area (TPSA) is 74.8 Å². The zero-order chi connectivity index (χ0) is 13.0. The van der Waals surface area contributed by atoms with E-state index in [0.717, 1.165) is 5.56 Å². The highest BCUT2D eigenvalue weighted by Crippen LogP contribution is 2.07. The number of nitrogens with one attached hydrogen (secondary N) is 2. The Kier molecular flexibility index (Phi) is 3.33. The summed E-state index contributed by atoms with van der Waals surface area (Å²) in [5, 5.41) is 8.51. The molecule has 0 saturated heterocycles. The van der Waals surface area contributed by atoms with E-state index in [2.05, 4.69) is 22.1 Å². The average Bonchev–Trinajstić information content (AvgIpc) is 2.41. The number of H-pyrrole nitrogens is 1. The molecular formula is C13H11N3O2. The monoisotopic (exact) mass is 241 g/mol. The van der Waals surface area contributed by atoms with E-state index in [1.807, 2.05) is 0 Å². The summed E-state index contributed by atoms with van der Waals surface area (Å²) >= 11 is 0. The molecule has 0 fully saturated rings. The number of carbonyl (C=O) groups is 1. The molecule has 18 heavy (non-hydrogen) atoms. The van der Waals surface area contributed by atoms with Crippen LogP contribution < -0.4 is 10.9 Å². The largest absolute Gasteiger partial charge is 0.305 e. The van der Waals surface area contributed by atoms with Gasteiger partial charge in [0, 0.05) is 11.6 Å². The van der Waals surface area contributed by atoms with Crippen LogP contribution in [0.25, 0.3) is 6.08 Å². The number of amides is 1. The number of aromatic nitrogens is 2. The lowest BCUT2D eigenvalue weighted by Gasteiger charge is -2.03. The van der Waals surface area contributed by atoms with Crippen LogP contribution in [0.15, 0.2) is 47.8 Å². The fraction of sp³-hybridized carbons (Fsp3) is 0. The first-order valence-electron chi connectivity index (χ1n) is 5.28. The van der Waals surface area contributed by atoms with Gasteiger partial charge < -0.3 is 5.32 Å². The SMILES string of the molecule is C=Cc1ccc(C(=O)Nc2ccc(=O)[nH]n2)cc1. The third-order valence-electron chi connectivity index (χ3n) is 2.33. The minimum absolute atomic E-state index is 0.287. The van der Waals surface area contributed by atoms with E-state index < -0.39 is 0 Å². The van der Waals surface area contributed by atoms with Crippen LogP contribution in [0, 0.1) is 0 Å². The summed E-state index contributed by atoms with van der Waals surface area (Å²) in [5.41, 5.74) is 1.13. The molecule has 1 amide bonds. The maximum Gasteiger partial charge on any atom is 0.264 e. The predicted molar refractivity (Wildman–Crippen MR) is 69.3 cm³/mol. The molecule has 0 aliphatic heterocycles. The van der Waals surface area contributed by atoms with E-state index in [-0.39, 0.29) is 11.5 Å². The van der Waals surface area contributed by atoms with Crippen LogP contribution in [0.3, 0.4) is 0 Å². The van der Waals surface area contributed by atoms with Crippen LogP contribution in [0.4, 0.5) is 5.82 Å². The van der Waals surface area contributed by atoms with Gasteiger partial charge in [0.15, 0.2) is 5.82 Å². The highest BCUT2D eigenvalue weighted by molar-refractivity contribution is 6.03. The third-order valence-corrected chi connectivity index (χ3v) is 2.33. The molecule has 1 aromatic heterocycles. The second-order valence-electron chi connectivity index (χ2n) is 3.59. The van der Waals surface area contributed by atoms with Gasteiger partial charge in [0.25, 0.3) is 11.5 Å². The summed E-state index contributed by atoms with van der Waals surface area (Å²) in [7, 11) is 0.